The topological polar surface area (TPSA) is 96.0 Å². The first kappa shape index (κ1) is 33.3. The fraction of sp³-hybridized carbons (Fsp3) is 0.412. The number of nitrogens with zero attached hydrogens (tertiary/aromatic N) is 2. The largest absolute Gasteiger partial charge is 0.495 e. The summed E-state index contributed by atoms with van der Waals surface area (Å²) in [6.07, 6.45) is 5.84. The maximum atomic E-state index is 14.1. The molecule has 0 bridgehead atoms. The van der Waals surface area contributed by atoms with E-state index < -0.39 is 16.1 Å². The molecule has 1 unspecified atom stereocenters. The van der Waals surface area contributed by atoms with E-state index in [1.807, 2.05) is 61.5 Å². The second-order valence-corrected chi connectivity index (χ2v) is 13.8. The van der Waals surface area contributed by atoms with Crippen LogP contribution in [0, 0.1) is 6.92 Å². The fourth-order valence-electron chi connectivity index (χ4n) is 5.74. The molecule has 0 saturated heterocycles. The van der Waals surface area contributed by atoms with Gasteiger partial charge in [-0.1, -0.05) is 84.6 Å². The highest BCUT2D eigenvalue weighted by Crippen LogP contribution is 2.30. The molecule has 1 fully saturated rings. The van der Waals surface area contributed by atoms with Gasteiger partial charge < -0.3 is 15.0 Å². The van der Waals surface area contributed by atoms with E-state index in [1.54, 1.807) is 17.0 Å². The smallest absolute Gasteiger partial charge is 0.243 e. The minimum Gasteiger partial charge on any atom is -0.495 e. The average molecular weight is 640 g/mol. The summed E-state index contributed by atoms with van der Waals surface area (Å²) in [5, 5.41) is 3.51. The van der Waals surface area contributed by atoms with Crippen LogP contribution in [0.25, 0.3) is 0 Å². The van der Waals surface area contributed by atoms with Crippen molar-refractivity contribution < 1.29 is 22.7 Å². The molecule has 0 spiro atoms. The van der Waals surface area contributed by atoms with Crippen molar-refractivity contribution in [3.8, 4) is 5.75 Å². The first-order valence-electron chi connectivity index (χ1n) is 15.1. The lowest BCUT2D eigenvalue weighted by atomic mass is 10.0. The first-order chi connectivity index (χ1) is 21.0. The molecule has 10 heteroatoms. The molecule has 44 heavy (non-hydrogen) atoms. The third-order valence-electron chi connectivity index (χ3n) is 7.98. The predicted octanol–water partition coefficient (Wildman–Crippen LogP) is 5.90. The van der Waals surface area contributed by atoms with Crippen molar-refractivity contribution in [2.24, 2.45) is 0 Å². The van der Waals surface area contributed by atoms with Gasteiger partial charge in [0, 0.05) is 32.0 Å². The van der Waals surface area contributed by atoms with Crippen molar-refractivity contribution in [1.82, 2.24) is 10.2 Å². The van der Waals surface area contributed by atoms with Gasteiger partial charge in [0.15, 0.2) is 0 Å². The van der Waals surface area contributed by atoms with Crippen LogP contribution in [0.3, 0.4) is 0 Å². The molecule has 2 amide bonds. The third-order valence-corrected chi connectivity index (χ3v) is 9.47. The number of ether oxygens (including phenoxy) is 1. The van der Waals surface area contributed by atoms with Gasteiger partial charge >= 0.3 is 0 Å². The van der Waals surface area contributed by atoms with Crippen molar-refractivity contribution >= 4 is 39.1 Å². The van der Waals surface area contributed by atoms with E-state index in [-0.39, 0.29) is 48.8 Å². The molecule has 0 heterocycles. The van der Waals surface area contributed by atoms with Crippen molar-refractivity contribution in [3.63, 3.8) is 0 Å². The SMILES string of the molecule is COc1ccc(N(CCCC(=O)N(Cc2cccc(C)c2)C(Cc2ccccc2)C(=O)NC2CCCC2)S(C)(=O)=O)cc1Cl. The Morgan fingerprint density at radius 3 is 2.34 bits per heavy atom. The summed E-state index contributed by atoms with van der Waals surface area (Å²) < 4.78 is 31.9. The molecule has 1 N–H and O–H groups in total. The highest BCUT2D eigenvalue weighted by molar-refractivity contribution is 7.92. The molecular formula is C34H42ClN3O5S. The van der Waals surface area contributed by atoms with Crippen LogP contribution in [0.2, 0.25) is 5.02 Å². The molecule has 1 saturated carbocycles. The van der Waals surface area contributed by atoms with Crippen LogP contribution in [0.1, 0.15) is 55.2 Å². The van der Waals surface area contributed by atoms with E-state index in [0.29, 0.717) is 17.9 Å². The number of rotatable bonds is 14. The average Bonchev–Trinajstić information content (AvgIpc) is 3.50. The Morgan fingerprint density at radius 1 is 1.00 bits per heavy atom. The molecule has 236 valence electrons. The van der Waals surface area contributed by atoms with Gasteiger partial charge in [-0.05, 0) is 55.5 Å². The molecule has 1 aliphatic rings. The minimum atomic E-state index is -3.66. The molecule has 4 rings (SSSR count). The lowest BCUT2D eigenvalue weighted by molar-refractivity contribution is -0.141. The summed E-state index contributed by atoms with van der Waals surface area (Å²) in [6.45, 7) is 2.33. The third kappa shape index (κ3) is 9.22. The Balaban J connectivity index is 1.59. The second kappa shape index (κ2) is 15.4. The van der Waals surface area contributed by atoms with Crippen molar-refractivity contribution in [3.05, 3.63) is 94.5 Å². The number of sulfonamides is 1. The Labute approximate surface area is 266 Å². The van der Waals surface area contributed by atoms with Crippen LogP contribution < -0.4 is 14.4 Å². The number of hydrogen-bond acceptors (Lipinski definition) is 5. The standard InChI is InChI=1S/C34H42ClN3O5S/c1-25-11-9-14-27(21-25)24-37(31(22-26-12-5-4-6-13-26)34(40)36-28-15-7-8-16-28)33(39)17-10-20-38(44(3,41)42)29-18-19-32(43-2)30(35)23-29/h4-6,9,11-14,18-19,21,23,28,31H,7-8,10,15-17,20,22,24H2,1-3H3,(H,36,40). The summed E-state index contributed by atoms with van der Waals surface area (Å²) in [6, 6.07) is 21.8. The number of nitrogens with one attached hydrogen (secondary N) is 1. The van der Waals surface area contributed by atoms with E-state index in [9.17, 15) is 18.0 Å². The van der Waals surface area contributed by atoms with Crippen LogP contribution in [0.15, 0.2) is 72.8 Å². The number of aryl methyl sites for hydroxylation is 1. The summed E-state index contributed by atoms with van der Waals surface area (Å²) in [5.74, 6) is 0.0637. The van der Waals surface area contributed by atoms with Gasteiger partial charge in [0.25, 0.3) is 0 Å². The molecule has 0 aliphatic heterocycles. The summed E-state index contributed by atoms with van der Waals surface area (Å²) in [4.78, 5) is 29.6. The second-order valence-electron chi connectivity index (χ2n) is 11.5. The van der Waals surface area contributed by atoms with Crippen LogP contribution >= 0.6 is 11.6 Å². The zero-order valence-electron chi connectivity index (χ0n) is 25.7. The monoisotopic (exact) mass is 639 g/mol. The Kier molecular flexibility index (Phi) is 11.7. The van der Waals surface area contributed by atoms with Gasteiger partial charge in [-0.2, -0.15) is 0 Å². The van der Waals surface area contributed by atoms with Gasteiger partial charge in [-0.3, -0.25) is 13.9 Å². The first-order valence-corrected chi connectivity index (χ1v) is 17.3. The van der Waals surface area contributed by atoms with Gasteiger partial charge in [0.1, 0.15) is 11.8 Å². The van der Waals surface area contributed by atoms with E-state index in [4.69, 9.17) is 16.3 Å². The van der Waals surface area contributed by atoms with Crippen molar-refractivity contribution in [1.29, 1.82) is 0 Å². The van der Waals surface area contributed by atoms with Crippen LogP contribution in [0.4, 0.5) is 5.69 Å². The zero-order chi connectivity index (χ0) is 31.7. The number of carbonyl (C=O) groups excluding carboxylic acids is 2. The molecule has 0 aromatic heterocycles. The van der Waals surface area contributed by atoms with Gasteiger partial charge in [-0.15, -0.1) is 0 Å². The lowest BCUT2D eigenvalue weighted by Gasteiger charge is -2.33. The molecule has 3 aromatic carbocycles. The Morgan fingerprint density at radius 2 is 1.70 bits per heavy atom. The van der Waals surface area contributed by atoms with Crippen molar-refractivity contribution in [2.75, 3.05) is 24.2 Å². The molecule has 1 atom stereocenters. The zero-order valence-corrected chi connectivity index (χ0v) is 27.2. The maximum Gasteiger partial charge on any atom is 0.243 e. The van der Waals surface area contributed by atoms with Crippen LogP contribution in [0.5, 0.6) is 5.75 Å². The van der Waals surface area contributed by atoms with Gasteiger partial charge in [-0.25, -0.2) is 8.42 Å². The van der Waals surface area contributed by atoms with Crippen LogP contribution in [-0.4, -0.2) is 57.1 Å². The van der Waals surface area contributed by atoms with Crippen LogP contribution in [-0.2, 0) is 32.6 Å². The normalized spacial score (nSPS) is 14.2. The molecule has 1 aliphatic carbocycles. The van der Waals surface area contributed by atoms with E-state index in [2.05, 4.69) is 5.32 Å². The summed E-state index contributed by atoms with van der Waals surface area (Å²) in [7, 11) is -2.18. The van der Waals surface area contributed by atoms with E-state index in [1.165, 1.54) is 17.5 Å². The molecule has 8 nitrogen and oxygen atoms in total. The Hall–Kier alpha value is -3.56. The number of hydrogen-bond donors (Lipinski definition) is 1. The number of methoxy groups -OCH3 is 1. The number of benzene rings is 3. The highest BCUT2D eigenvalue weighted by Gasteiger charge is 2.32. The maximum absolute atomic E-state index is 14.1. The van der Waals surface area contributed by atoms with E-state index >= 15 is 0 Å². The number of amides is 2. The number of anilines is 1. The molecule has 3 aromatic rings. The molecule has 0 radical (unpaired) electrons. The van der Waals surface area contributed by atoms with E-state index in [0.717, 1.165) is 48.6 Å². The predicted molar refractivity (Wildman–Crippen MR) is 175 cm³/mol. The van der Waals surface area contributed by atoms with Gasteiger partial charge in [0.05, 0.1) is 24.1 Å². The summed E-state index contributed by atoms with van der Waals surface area (Å²) in [5.41, 5.74) is 3.34. The quantitative estimate of drug-likeness (QED) is 0.237. The lowest BCUT2D eigenvalue weighted by Crippen LogP contribution is -2.52. The van der Waals surface area contributed by atoms with Gasteiger partial charge in [0.2, 0.25) is 21.8 Å². The summed E-state index contributed by atoms with van der Waals surface area (Å²) >= 11 is 6.28. The minimum absolute atomic E-state index is 0.0592. The molecular weight excluding hydrogens is 598 g/mol. The van der Waals surface area contributed by atoms with Crippen molar-refractivity contribution in [2.45, 2.75) is 70.5 Å². The number of halogens is 1. The highest BCUT2D eigenvalue weighted by atomic mass is 35.5. The Bertz CT molecular complexity index is 1530. The number of carbonyl (C=O) groups is 2. The fourth-order valence-corrected chi connectivity index (χ4v) is 6.95.